The Morgan fingerprint density at radius 1 is 1.22 bits per heavy atom. The summed E-state index contributed by atoms with van der Waals surface area (Å²) in [6.45, 7) is 6.67. The number of carboxylic acid groups (broad SMARTS) is 1. The minimum Gasteiger partial charge on any atom is -0.477 e. The number of carbonyl (C=O) groups is 1. The number of halogens is 1. The molecule has 0 amide bonds. The number of thiophene rings is 1. The molecular weight excluding hydrogens is 451 g/mol. The molecule has 0 saturated carbocycles. The van der Waals surface area contributed by atoms with Crippen LogP contribution in [-0.4, -0.2) is 39.2 Å². The van der Waals surface area contributed by atoms with E-state index < -0.39 is 5.97 Å². The highest BCUT2D eigenvalue weighted by molar-refractivity contribution is 7.19. The molecule has 0 aliphatic heterocycles. The quantitative estimate of drug-likeness (QED) is 0.358. The number of benzene rings is 1. The van der Waals surface area contributed by atoms with Crippen LogP contribution in [0.1, 0.15) is 32.6 Å². The monoisotopic (exact) mass is 472 g/mol. The number of aromatic nitrogens is 3. The van der Waals surface area contributed by atoms with Crippen LogP contribution in [0.4, 0.5) is 10.2 Å². The molecule has 0 saturated heterocycles. The summed E-state index contributed by atoms with van der Waals surface area (Å²) < 4.78 is 20.4. The second-order valence-electron chi connectivity index (χ2n) is 7.09. The number of aromatic carboxylic acids is 1. The number of aryl methyl sites for hydroxylation is 2. The fourth-order valence-electron chi connectivity index (χ4n) is 3.48. The van der Waals surface area contributed by atoms with Gasteiger partial charge in [-0.25, -0.2) is 19.2 Å². The fraction of sp³-hybridized carbons (Fsp3) is 0.273. The average molecular weight is 473 g/mol. The molecule has 1 aromatic carbocycles. The summed E-state index contributed by atoms with van der Waals surface area (Å²) in [6, 6.07) is 4.89. The van der Waals surface area contributed by atoms with Gasteiger partial charge in [-0.15, -0.1) is 22.7 Å². The first kappa shape index (κ1) is 22.1. The van der Waals surface area contributed by atoms with Gasteiger partial charge in [0, 0.05) is 22.2 Å². The number of hydrogen-bond donors (Lipinski definition) is 2. The first-order valence-corrected chi connectivity index (χ1v) is 11.6. The van der Waals surface area contributed by atoms with E-state index in [-0.39, 0.29) is 16.6 Å². The van der Waals surface area contributed by atoms with E-state index in [9.17, 15) is 14.3 Å². The summed E-state index contributed by atoms with van der Waals surface area (Å²) in [7, 11) is 0. The topological polar surface area (TPSA) is 97.2 Å². The third-order valence-corrected chi connectivity index (χ3v) is 7.23. The van der Waals surface area contributed by atoms with Crippen molar-refractivity contribution in [2.24, 2.45) is 0 Å². The molecule has 10 heteroatoms. The summed E-state index contributed by atoms with van der Waals surface area (Å²) in [5, 5.41) is 14.0. The maximum Gasteiger partial charge on any atom is 0.351 e. The van der Waals surface area contributed by atoms with E-state index in [1.165, 1.54) is 11.2 Å². The highest BCUT2D eigenvalue weighted by atomic mass is 32.1. The fourth-order valence-corrected chi connectivity index (χ4v) is 5.45. The van der Waals surface area contributed by atoms with Gasteiger partial charge in [0.1, 0.15) is 28.7 Å². The van der Waals surface area contributed by atoms with Crippen LogP contribution >= 0.6 is 22.7 Å². The van der Waals surface area contributed by atoms with Gasteiger partial charge in [0.2, 0.25) is 5.88 Å². The lowest BCUT2D eigenvalue weighted by Gasteiger charge is -2.07. The van der Waals surface area contributed by atoms with Gasteiger partial charge >= 0.3 is 5.97 Å². The van der Waals surface area contributed by atoms with Crippen LogP contribution in [0.15, 0.2) is 24.5 Å². The van der Waals surface area contributed by atoms with Crippen LogP contribution in [0.2, 0.25) is 0 Å². The van der Waals surface area contributed by atoms with Crippen LogP contribution < -0.4 is 10.1 Å². The molecule has 7 nitrogen and oxygen atoms in total. The minimum atomic E-state index is -1.09. The molecule has 3 aromatic heterocycles. The summed E-state index contributed by atoms with van der Waals surface area (Å²) in [5.74, 6) is -0.622. The first-order chi connectivity index (χ1) is 15.4. The molecule has 4 aromatic rings. The second-order valence-corrected chi connectivity index (χ2v) is 9.32. The van der Waals surface area contributed by atoms with Crippen molar-refractivity contribution in [3.8, 4) is 16.6 Å². The van der Waals surface area contributed by atoms with Crippen molar-refractivity contribution in [3.05, 3.63) is 51.2 Å². The molecule has 2 N–H and O–H groups in total. The lowest BCUT2D eigenvalue weighted by molar-refractivity contribution is 0.0697. The van der Waals surface area contributed by atoms with Crippen molar-refractivity contribution in [3.63, 3.8) is 0 Å². The number of carboxylic acids is 1. The molecule has 0 fully saturated rings. The first-order valence-electron chi connectivity index (χ1n) is 9.98. The predicted octanol–water partition coefficient (Wildman–Crippen LogP) is 5.32. The third kappa shape index (κ3) is 4.42. The van der Waals surface area contributed by atoms with Crippen LogP contribution in [0.5, 0.6) is 5.88 Å². The Kier molecular flexibility index (Phi) is 6.33. The maximum absolute atomic E-state index is 13.9. The summed E-state index contributed by atoms with van der Waals surface area (Å²) >= 11 is 2.69. The van der Waals surface area contributed by atoms with Gasteiger partial charge in [0.15, 0.2) is 4.88 Å². The van der Waals surface area contributed by atoms with E-state index in [0.29, 0.717) is 36.1 Å². The van der Waals surface area contributed by atoms with Crippen molar-refractivity contribution in [2.45, 2.75) is 27.2 Å². The minimum absolute atomic E-state index is 0.0392. The molecule has 0 spiro atoms. The van der Waals surface area contributed by atoms with Crippen LogP contribution in [-0.2, 0) is 6.42 Å². The number of fused-ring (bicyclic) bond motifs is 1. The molecule has 0 bridgehead atoms. The van der Waals surface area contributed by atoms with Gasteiger partial charge in [-0.2, -0.15) is 4.98 Å². The van der Waals surface area contributed by atoms with E-state index in [0.717, 1.165) is 32.5 Å². The predicted molar refractivity (Wildman–Crippen MR) is 125 cm³/mol. The average Bonchev–Trinajstić information content (AvgIpc) is 3.31. The number of hydrogen-bond acceptors (Lipinski definition) is 8. The Morgan fingerprint density at radius 3 is 2.78 bits per heavy atom. The zero-order valence-corrected chi connectivity index (χ0v) is 19.4. The Labute approximate surface area is 192 Å². The molecule has 4 rings (SSSR count). The smallest absolute Gasteiger partial charge is 0.351 e. The van der Waals surface area contributed by atoms with E-state index in [4.69, 9.17) is 4.74 Å². The summed E-state index contributed by atoms with van der Waals surface area (Å²) in [4.78, 5) is 25.4. The van der Waals surface area contributed by atoms with E-state index >= 15 is 0 Å². The number of rotatable bonds is 8. The molecule has 0 aliphatic carbocycles. The van der Waals surface area contributed by atoms with Gasteiger partial charge in [-0.1, -0.05) is 0 Å². The SMILES string of the molecule is CCOc1nc(-c2cc(NCCc3c(C)sc4c(C)cc(F)cc34)ncn2)sc1C(=O)O. The van der Waals surface area contributed by atoms with E-state index in [1.807, 2.05) is 6.92 Å². The molecule has 32 heavy (non-hydrogen) atoms. The Morgan fingerprint density at radius 2 is 2.03 bits per heavy atom. The number of nitrogens with zero attached hydrogens (tertiary/aromatic N) is 3. The van der Waals surface area contributed by atoms with Gasteiger partial charge < -0.3 is 15.2 Å². The Bertz CT molecular complexity index is 1300. The van der Waals surface area contributed by atoms with Crippen molar-refractivity contribution in [1.82, 2.24) is 15.0 Å². The molecule has 3 heterocycles. The number of thiazole rings is 1. The molecule has 0 radical (unpaired) electrons. The van der Waals surface area contributed by atoms with Crippen molar-refractivity contribution in [1.29, 1.82) is 0 Å². The number of anilines is 1. The zero-order valence-electron chi connectivity index (χ0n) is 17.7. The van der Waals surface area contributed by atoms with E-state index in [1.54, 1.807) is 36.5 Å². The van der Waals surface area contributed by atoms with Gasteiger partial charge in [0.05, 0.1) is 6.61 Å². The van der Waals surface area contributed by atoms with Gasteiger partial charge in [0.25, 0.3) is 0 Å². The normalized spacial score (nSPS) is 11.1. The van der Waals surface area contributed by atoms with Gasteiger partial charge in [-0.3, -0.25) is 0 Å². The zero-order chi connectivity index (χ0) is 22.8. The van der Waals surface area contributed by atoms with Crippen molar-refractivity contribution >= 4 is 44.5 Å². The van der Waals surface area contributed by atoms with Crippen molar-refractivity contribution < 1.29 is 19.0 Å². The lowest BCUT2D eigenvalue weighted by Crippen LogP contribution is -2.07. The number of nitrogens with one attached hydrogen (secondary N) is 1. The number of ether oxygens (including phenoxy) is 1. The molecular formula is C22H21FN4O3S2. The highest BCUT2D eigenvalue weighted by Gasteiger charge is 2.20. The van der Waals surface area contributed by atoms with Crippen LogP contribution in [0.25, 0.3) is 20.8 Å². The van der Waals surface area contributed by atoms with E-state index in [2.05, 4.69) is 27.2 Å². The summed E-state index contributed by atoms with van der Waals surface area (Å²) in [6.07, 6.45) is 2.12. The molecule has 0 unspecified atom stereocenters. The van der Waals surface area contributed by atoms with Crippen LogP contribution in [0, 0.1) is 19.7 Å². The Hall–Kier alpha value is -3.11. The second kappa shape index (κ2) is 9.17. The lowest BCUT2D eigenvalue weighted by atomic mass is 10.1. The third-order valence-electron chi connectivity index (χ3n) is 4.88. The standard InChI is InChI=1S/C22H21FN4O3S2/c1-4-30-20-19(22(28)29)32-21(27-20)16-9-17(26-10-25-16)24-6-5-14-12(3)31-18-11(2)7-13(23)8-15(14)18/h7-10H,4-6H2,1-3H3,(H,28,29)(H,24,25,26). The molecule has 166 valence electrons. The van der Waals surface area contributed by atoms with Crippen LogP contribution in [0.3, 0.4) is 0 Å². The Balaban J connectivity index is 1.51. The van der Waals surface area contributed by atoms with Gasteiger partial charge in [-0.05, 0) is 55.8 Å². The maximum atomic E-state index is 13.9. The highest BCUT2D eigenvalue weighted by Crippen LogP contribution is 2.35. The largest absolute Gasteiger partial charge is 0.477 e. The molecule has 0 aliphatic rings. The molecule has 0 atom stereocenters. The summed E-state index contributed by atoms with van der Waals surface area (Å²) in [5.41, 5.74) is 2.58. The van der Waals surface area contributed by atoms with Crippen molar-refractivity contribution in [2.75, 3.05) is 18.5 Å².